The van der Waals surface area contributed by atoms with Crippen molar-refractivity contribution in [1.29, 1.82) is 0 Å². The molecular weight excluding hydrogens is 713 g/mol. The Hall–Kier alpha value is -5.64. The van der Waals surface area contributed by atoms with Gasteiger partial charge in [-0.25, -0.2) is 14.8 Å². The summed E-state index contributed by atoms with van der Waals surface area (Å²) in [7, 11) is 2.24. The van der Waals surface area contributed by atoms with E-state index in [1.165, 1.54) is 6.07 Å². The molecule has 5 aromatic rings. The normalized spacial score (nSPS) is 20.0. The van der Waals surface area contributed by atoms with Gasteiger partial charge in [-0.2, -0.15) is 18.3 Å². The highest BCUT2D eigenvalue weighted by molar-refractivity contribution is 6.10. The minimum absolute atomic E-state index is 0.211. The summed E-state index contributed by atoms with van der Waals surface area (Å²) in [5.74, 6) is -0.228. The number of urea groups is 1. The Morgan fingerprint density at radius 2 is 1.76 bits per heavy atom. The van der Waals surface area contributed by atoms with Crippen LogP contribution in [0.3, 0.4) is 0 Å². The van der Waals surface area contributed by atoms with Crippen LogP contribution >= 0.6 is 0 Å². The van der Waals surface area contributed by atoms with Crippen molar-refractivity contribution in [2.45, 2.75) is 63.2 Å². The summed E-state index contributed by atoms with van der Waals surface area (Å²) in [6.07, 6.45) is 8.94. The smallest absolute Gasteiger partial charge is 0.371 e. The SMILES string of the molecule is CN(C[C@H]1CC[C@H](n2cc3cc(NC(=O)c4cccc(C(F)(F)F)n4)ncc3n2)CC1)C1CCN(c2ccc3c(N4CCC(=O)NC4=O)cncc3c2)CC1. The Morgan fingerprint density at radius 1 is 0.964 bits per heavy atom. The maximum absolute atomic E-state index is 13.1. The molecule has 3 fully saturated rings. The van der Waals surface area contributed by atoms with Crippen LogP contribution in [-0.4, -0.2) is 86.7 Å². The molecule has 286 valence electrons. The van der Waals surface area contributed by atoms with Gasteiger partial charge in [0.05, 0.1) is 24.1 Å². The zero-order chi connectivity index (χ0) is 38.3. The van der Waals surface area contributed by atoms with E-state index in [1.807, 2.05) is 23.1 Å². The molecular formula is C39H41F3N10O3. The number of hydrogen-bond donors (Lipinski definition) is 2. The first-order valence-electron chi connectivity index (χ1n) is 18.6. The van der Waals surface area contributed by atoms with Crippen LogP contribution in [0.25, 0.3) is 21.7 Å². The standard InChI is InChI=1S/C39H41F3N10O3/c1-49(27-11-14-50(15-12-27)29-9-10-30-25(17-29)19-43-21-33(30)51-16-13-36(53)47-38(51)55)22-24-5-7-28(8-6-24)52-23-26-18-35(44-20-32(26)48-52)46-37(54)31-3-2-4-34(45-31)39(40,41)42/h2-4,9-10,17-21,23-24,27-28H,5-8,11-16,22H2,1H3,(H,46,54)(H,47,53,55)/t24-,28-. The number of aromatic nitrogens is 5. The van der Waals surface area contributed by atoms with Crippen molar-refractivity contribution in [2.24, 2.45) is 5.92 Å². The minimum atomic E-state index is -4.65. The number of benzene rings is 1. The number of alkyl halides is 3. The number of fused-ring (bicyclic) bond motifs is 2. The van der Waals surface area contributed by atoms with Gasteiger partial charge < -0.3 is 15.1 Å². The monoisotopic (exact) mass is 754 g/mol. The number of piperidine rings is 1. The summed E-state index contributed by atoms with van der Waals surface area (Å²) in [5.41, 5.74) is 1.05. The number of carbonyl (C=O) groups excluding carboxylic acids is 3. The molecule has 1 aliphatic carbocycles. The van der Waals surface area contributed by atoms with E-state index in [0.717, 1.165) is 92.1 Å². The zero-order valence-electron chi connectivity index (χ0n) is 30.3. The summed E-state index contributed by atoms with van der Waals surface area (Å²) < 4.78 is 41.2. The van der Waals surface area contributed by atoms with Crippen molar-refractivity contribution in [3.8, 4) is 0 Å². The topological polar surface area (TPSA) is 141 Å². The highest BCUT2D eigenvalue weighted by Gasteiger charge is 2.33. The molecule has 4 aromatic heterocycles. The molecule has 0 unspecified atom stereocenters. The van der Waals surface area contributed by atoms with Crippen LogP contribution in [0.1, 0.15) is 67.2 Å². The van der Waals surface area contributed by atoms with E-state index in [1.54, 1.807) is 23.4 Å². The summed E-state index contributed by atoms with van der Waals surface area (Å²) in [4.78, 5) is 55.4. The first kappa shape index (κ1) is 36.3. The molecule has 4 amide bonds. The van der Waals surface area contributed by atoms with Gasteiger partial charge in [0, 0.05) is 72.9 Å². The molecule has 1 aromatic carbocycles. The molecule has 0 spiro atoms. The van der Waals surface area contributed by atoms with E-state index in [0.29, 0.717) is 29.7 Å². The fourth-order valence-electron chi connectivity index (χ4n) is 8.17. The summed E-state index contributed by atoms with van der Waals surface area (Å²) in [6.45, 7) is 3.28. The summed E-state index contributed by atoms with van der Waals surface area (Å²) >= 11 is 0. The van der Waals surface area contributed by atoms with Crippen molar-refractivity contribution in [1.82, 2.24) is 34.9 Å². The maximum Gasteiger partial charge on any atom is 0.433 e. The van der Waals surface area contributed by atoms with E-state index in [4.69, 9.17) is 5.10 Å². The van der Waals surface area contributed by atoms with Crippen molar-refractivity contribution in [3.05, 3.63) is 78.6 Å². The number of imide groups is 1. The van der Waals surface area contributed by atoms with Gasteiger partial charge in [0.25, 0.3) is 5.91 Å². The van der Waals surface area contributed by atoms with Gasteiger partial charge >= 0.3 is 12.2 Å². The fraction of sp³-hybridized carbons (Fsp3) is 0.410. The van der Waals surface area contributed by atoms with Gasteiger partial charge in [0.2, 0.25) is 5.91 Å². The van der Waals surface area contributed by atoms with Gasteiger partial charge in [-0.3, -0.25) is 29.5 Å². The van der Waals surface area contributed by atoms with Crippen LogP contribution in [0.4, 0.5) is 35.2 Å². The number of halogens is 3. The molecule has 8 rings (SSSR count). The average Bonchev–Trinajstić information content (AvgIpc) is 3.61. The second-order valence-electron chi connectivity index (χ2n) is 14.7. The molecule has 3 aliphatic rings. The average molecular weight is 755 g/mol. The number of pyridine rings is 3. The van der Waals surface area contributed by atoms with Crippen LogP contribution in [0.2, 0.25) is 0 Å². The van der Waals surface area contributed by atoms with Gasteiger partial charge in [0.15, 0.2) is 0 Å². The second-order valence-corrected chi connectivity index (χ2v) is 14.7. The van der Waals surface area contributed by atoms with Crippen molar-refractivity contribution in [3.63, 3.8) is 0 Å². The summed E-state index contributed by atoms with van der Waals surface area (Å²) in [6, 6.07) is 11.5. The molecule has 0 bridgehead atoms. The maximum atomic E-state index is 13.1. The largest absolute Gasteiger partial charge is 0.433 e. The minimum Gasteiger partial charge on any atom is -0.371 e. The highest BCUT2D eigenvalue weighted by Crippen LogP contribution is 2.35. The molecule has 2 N–H and O–H groups in total. The van der Waals surface area contributed by atoms with Crippen molar-refractivity contribution < 1.29 is 27.6 Å². The third-order valence-corrected chi connectivity index (χ3v) is 11.2. The first-order valence-corrected chi connectivity index (χ1v) is 18.6. The predicted octanol–water partition coefficient (Wildman–Crippen LogP) is 6.42. The molecule has 55 heavy (non-hydrogen) atoms. The number of hydrogen-bond acceptors (Lipinski definition) is 9. The molecule has 0 atom stereocenters. The molecule has 6 heterocycles. The molecule has 16 heteroatoms. The number of nitrogens with zero attached hydrogens (tertiary/aromatic N) is 8. The third-order valence-electron chi connectivity index (χ3n) is 11.2. The number of rotatable bonds is 8. The Bertz CT molecular complexity index is 2250. The van der Waals surface area contributed by atoms with Crippen LogP contribution in [0.15, 0.2) is 67.3 Å². The third kappa shape index (κ3) is 7.81. The van der Waals surface area contributed by atoms with Crippen molar-refractivity contribution >= 4 is 56.7 Å². The number of carbonyl (C=O) groups is 3. The fourth-order valence-corrected chi connectivity index (χ4v) is 8.17. The first-order chi connectivity index (χ1) is 26.5. The molecule has 13 nitrogen and oxygen atoms in total. The second kappa shape index (κ2) is 14.9. The lowest BCUT2D eigenvalue weighted by Gasteiger charge is -2.40. The van der Waals surface area contributed by atoms with E-state index >= 15 is 0 Å². The van der Waals surface area contributed by atoms with Gasteiger partial charge in [-0.05, 0) is 81.8 Å². The van der Waals surface area contributed by atoms with E-state index in [9.17, 15) is 27.6 Å². The Morgan fingerprint density at radius 3 is 2.53 bits per heavy atom. The van der Waals surface area contributed by atoms with E-state index in [2.05, 4.69) is 54.6 Å². The van der Waals surface area contributed by atoms with E-state index < -0.39 is 23.8 Å². The highest BCUT2D eigenvalue weighted by atomic mass is 19.4. The Balaban J connectivity index is 0.819. The Labute approximate surface area is 314 Å². The van der Waals surface area contributed by atoms with Crippen LogP contribution in [0, 0.1) is 5.92 Å². The molecule has 1 saturated carbocycles. The zero-order valence-corrected chi connectivity index (χ0v) is 30.3. The lowest BCUT2D eigenvalue weighted by atomic mass is 9.85. The molecule has 2 aliphatic heterocycles. The molecule has 0 radical (unpaired) electrons. The van der Waals surface area contributed by atoms with Gasteiger partial charge in [-0.15, -0.1) is 0 Å². The lowest BCUT2D eigenvalue weighted by Crippen LogP contribution is -2.49. The van der Waals surface area contributed by atoms with Crippen LogP contribution in [-0.2, 0) is 11.0 Å². The Kier molecular flexibility index (Phi) is 9.84. The number of amides is 4. The summed E-state index contributed by atoms with van der Waals surface area (Å²) in [5, 5.41) is 12.4. The van der Waals surface area contributed by atoms with Crippen molar-refractivity contribution in [2.75, 3.05) is 48.3 Å². The number of nitrogens with one attached hydrogen (secondary N) is 2. The predicted molar refractivity (Wildman–Crippen MR) is 201 cm³/mol. The lowest BCUT2D eigenvalue weighted by molar-refractivity contribution is -0.141. The van der Waals surface area contributed by atoms with Crippen LogP contribution in [0.5, 0.6) is 0 Å². The van der Waals surface area contributed by atoms with Gasteiger partial charge in [-0.1, -0.05) is 12.1 Å². The van der Waals surface area contributed by atoms with Crippen LogP contribution < -0.4 is 20.4 Å². The van der Waals surface area contributed by atoms with E-state index in [-0.39, 0.29) is 29.9 Å². The quantitative estimate of drug-likeness (QED) is 0.184. The number of anilines is 3. The molecule has 2 saturated heterocycles. The van der Waals surface area contributed by atoms with Gasteiger partial charge in [0.1, 0.15) is 22.7 Å².